The van der Waals surface area contributed by atoms with Gasteiger partial charge in [-0.05, 0) is 44.2 Å². The number of rotatable bonds is 7. The summed E-state index contributed by atoms with van der Waals surface area (Å²) in [6.45, 7) is 7.38. The predicted octanol–water partition coefficient (Wildman–Crippen LogP) is 1.80. The zero-order chi connectivity index (χ0) is 22.0. The number of hydrogen-bond acceptors (Lipinski definition) is 5. The van der Waals surface area contributed by atoms with Gasteiger partial charge in [-0.2, -0.15) is 0 Å². The Balaban J connectivity index is 1.71. The van der Waals surface area contributed by atoms with Crippen molar-refractivity contribution < 1.29 is 14.6 Å². The number of nitrogens with zero attached hydrogens (tertiary/aromatic N) is 2. The SMILES string of the molecule is C/C=C/c1ccc2n(c1=O)C[C@@H]1[C@@H](CO)[C@H](C(=O)NCCC)N(CC3CCOCC3)[C@H]21. The molecule has 31 heavy (non-hydrogen) atoms. The van der Waals surface area contributed by atoms with Crippen LogP contribution in [0.15, 0.2) is 23.0 Å². The first-order chi connectivity index (χ1) is 15.1. The van der Waals surface area contributed by atoms with Gasteiger partial charge in [0.05, 0.1) is 12.1 Å². The molecule has 170 valence electrons. The molecule has 1 aromatic rings. The van der Waals surface area contributed by atoms with E-state index in [1.54, 1.807) is 0 Å². The van der Waals surface area contributed by atoms with E-state index in [1.165, 1.54) is 0 Å². The number of allylic oxidation sites excluding steroid dienone is 1. The Kier molecular flexibility index (Phi) is 6.94. The average Bonchev–Trinajstić information content (AvgIpc) is 3.30. The third-order valence-electron chi connectivity index (χ3n) is 7.19. The summed E-state index contributed by atoms with van der Waals surface area (Å²) in [7, 11) is 0. The minimum Gasteiger partial charge on any atom is -0.396 e. The minimum absolute atomic E-state index is 0.00166. The van der Waals surface area contributed by atoms with E-state index < -0.39 is 0 Å². The second-order valence-electron chi connectivity index (χ2n) is 9.07. The standard InChI is InChI=1S/C24H35N3O4/c1-3-5-17-6-7-20-21-18(14-26(20)24(17)30)19(15-28)22(23(29)25-10-4-2)27(21)13-16-8-11-31-12-9-16/h3,5-7,16,18-19,21-22,28H,4,8-15H2,1-2H3,(H,25,29)/b5-3+/t18-,19-,21+,22-/m1/s1. The normalized spacial score (nSPS) is 28.7. The summed E-state index contributed by atoms with van der Waals surface area (Å²) in [4.78, 5) is 28.6. The van der Waals surface area contributed by atoms with Gasteiger partial charge in [-0.25, -0.2) is 0 Å². The number of fused-ring (bicyclic) bond motifs is 3. The average molecular weight is 430 g/mol. The van der Waals surface area contributed by atoms with E-state index in [0.717, 1.165) is 44.7 Å². The van der Waals surface area contributed by atoms with Gasteiger partial charge in [0.1, 0.15) is 0 Å². The summed E-state index contributed by atoms with van der Waals surface area (Å²) in [6.07, 6.45) is 6.55. The number of amides is 1. The maximum Gasteiger partial charge on any atom is 0.258 e. The highest BCUT2D eigenvalue weighted by Gasteiger charge is 2.55. The number of aliphatic hydroxyl groups is 1. The summed E-state index contributed by atoms with van der Waals surface area (Å²) in [5.74, 6) is 0.320. The van der Waals surface area contributed by atoms with Crippen molar-refractivity contribution in [2.75, 3.05) is 32.9 Å². The van der Waals surface area contributed by atoms with Crippen LogP contribution in [0.1, 0.15) is 50.4 Å². The van der Waals surface area contributed by atoms with Crippen LogP contribution in [0.5, 0.6) is 0 Å². The molecular formula is C24H35N3O4. The van der Waals surface area contributed by atoms with Crippen LogP contribution in [0.2, 0.25) is 0 Å². The van der Waals surface area contributed by atoms with Crippen LogP contribution in [0.25, 0.3) is 6.08 Å². The van der Waals surface area contributed by atoms with Gasteiger partial charge >= 0.3 is 0 Å². The number of aromatic nitrogens is 1. The summed E-state index contributed by atoms with van der Waals surface area (Å²) in [5.41, 5.74) is 1.67. The number of ether oxygens (including phenoxy) is 1. The molecule has 0 unspecified atom stereocenters. The maximum atomic E-state index is 13.2. The molecule has 0 aromatic carbocycles. The van der Waals surface area contributed by atoms with Gasteiger partial charge in [-0.15, -0.1) is 0 Å². The number of hydrogen-bond donors (Lipinski definition) is 2. The first-order valence-electron chi connectivity index (χ1n) is 11.7. The van der Waals surface area contributed by atoms with Crippen LogP contribution in [0.4, 0.5) is 0 Å². The Morgan fingerprint density at radius 3 is 2.77 bits per heavy atom. The molecule has 3 aliphatic heterocycles. The number of carbonyl (C=O) groups is 1. The molecule has 7 heteroatoms. The Hall–Kier alpha value is -1.96. The smallest absolute Gasteiger partial charge is 0.258 e. The van der Waals surface area contributed by atoms with Crippen molar-refractivity contribution in [3.63, 3.8) is 0 Å². The van der Waals surface area contributed by atoms with Crippen molar-refractivity contribution in [1.29, 1.82) is 0 Å². The molecule has 0 spiro atoms. The summed E-state index contributed by atoms with van der Waals surface area (Å²) in [5, 5.41) is 13.4. The quantitative estimate of drug-likeness (QED) is 0.691. The van der Waals surface area contributed by atoms with E-state index in [-0.39, 0.29) is 42.0 Å². The highest BCUT2D eigenvalue weighted by Crippen LogP contribution is 2.49. The Bertz CT molecular complexity index is 874. The lowest BCUT2D eigenvalue weighted by atomic mass is 9.88. The fourth-order valence-electron chi connectivity index (χ4n) is 5.72. The van der Waals surface area contributed by atoms with E-state index in [9.17, 15) is 14.7 Å². The zero-order valence-electron chi connectivity index (χ0n) is 18.6. The fourth-order valence-corrected chi connectivity index (χ4v) is 5.72. The highest BCUT2D eigenvalue weighted by atomic mass is 16.5. The number of likely N-dealkylation sites (tertiary alicyclic amines) is 1. The van der Waals surface area contributed by atoms with Gasteiger partial charge in [0.2, 0.25) is 5.91 Å². The van der Waals surface area contributed by atoms with E-state index >= 15 is 0 Å². The maximum absolute atomic E-state index is 13.2. The Morgan fingerprint density at radius 2 is 2.10 bits per heavy atom. The highest BCUT2D eigenvalue weighted by molar-refractivity contribution is 5.82. The molecule has 4 atom stereocenters. The van der Waals surface area contributed by atoms with Crippen molar-refractivity contribution in [2.45, 2.75) is 51.7 Å². The minimum atomic E-state index is -0.367. The third-order valence-corrected chi connectivity index (χ3v) is 7.19. The lowest BCUT2D eigenvalue weighted by molar-refractivity contribution is -0.128. The molecular weight excluding hydrogens is 394 g/mol. The molecule has 0 saturated carbocycles. The molecule has 7 nitrogen and oxygen atoms in total. The molecule has 0 aliphatic carbocycles. The molecule has 4 heterocycles. The van der Waals surface area contributed by atoms with Gasteiger partial charge < -0.3 is 19.7 Å². The van der Waals surface area contributed by atoms with E-state index in [1.807, 2.05) is 42.7 Å². The molecule has 4 rings (SSSR count). The first-order valence-corrected chi connectivity index (χ1v) is 11.7. The summed E-state index contributed by atoms with van der Waals surface area (Å²) in [6, 6.07) is 3.54. The van der Waals surface area contributed by atoms with Gasteiger partial charge in [0, 0.05) is 62.5 Å². The molecule has 3 aliphatic rings. The van der Waals surface area contributed by atoms with Crippen molar-refractivity contribution in [1.82, 2.24) is 14.8 Å². The van der Waals surface area contributed by atoms with Crippen LogP contribution >= 0.6 is 0 Å². The number of carbonyl (C=O) groups excluding carboxylic acids is 1. The third kappa shape index (κ3) is 4.11. The van der Waals surface area contributed by atoms with E-state index in [0.29, 0.717) is 24.6 Å². The van der Waals surface area contributed by atoms with Crippen LogP contribution in [-0.2, 0) is 16.1 Å². The second kappa shape index (κ2) is 9.67. The van der Waals surface area contributed by atoms with Gasteiger partial charge in [0.25, 0.3) is 5.56 Å². The molecule has 0 bridgehead atoms. The Morgan fingerprint density at radius 1 is 1.32 bits per heavy atom. The van der Waals surface area contributed by atoms with E-state index in [2.05, 4.69) is 10.2 Å². The molecule has 1 aromatic heterocycles. The largest absolute Gasteiger partial charge is 0.396 e. The topological polar surface area (TPSA) is 83.8 Å². The second-order valence-corrected chi connectivity index (χ2v) is 9.07. The molecule has 1 amide bonds. The lowest BCUT2D eigenvalue weighted by Gasteiger charge is -2.35. The zero-order valence-corrected chi connectivity index (χ0v) is 18.6. The number of aliphatic hydroxyl groups excluding tert-OH is 1. The van der Waals surface area contributed by atoms with Crippen molar-refractivity contribution in [3.8, 4) is 0 Å². The van der Waals surface area contributed by atoms with Crippen molar-refractivity contribution in [2.24, 2.45) is 17.8 Å². The molecule has 2 saturated heterocycles. The predicted molar refractivity (Wildman–Crippen MR) is 120 cm³/mol. The summed E-state index contributed by atoms with van der Waals surface area (Å²) >= 11 is 0. The fraction of sp³-hybridized carbons (Fsp3) is 0.667. The van der Waals surface area contributed by atoms with Gasteiger partial charge in [-0.1, -0.05) is 19.1 Å². The first kappa shape index (κ1) is 22.2. The van der Waals surface area contributed by atoms with Crippen LogP contribution in [-0.4, -0.2) is 59.4 Å². The molecule has 0 radical (unpaired) electrons. The summed E-state index contributed by atoms with van der Waals surface area (Å²) < 4.78 is 7.40. The van der Waals surface area contributed by atoms with Crippen molar-refractivity contribution in [3.05, 3.63) is 39.8 Å². The van der Waals surface area contributed by atoms with E-state index in [4.69, 9.17) is 4.74 Å². The van der Waals surface area contributed by atoms with Gasteiger partial charge in [-0.3, -0.25) is 14.5 Å². The number of pyridine rings is 1. The van der Waals surface area contributed by atoms with Crippen LogP contribution in [0, 0.1) is 17.8 Å². The molecule has 2 N–H and O–H groups in total. The monoisotopic (exact) mass is 429 g/mol. The lowest BCUT2D eigenvalue weighted by Crippen LogP contribution is -2.50. The van der Waals surface area contributed by atoms with Crippen LogP contribution in [0.3, 0.4) is 0 Å². The molecule has 2 fully saturated rings. The van der Waals surface area contributed by atoms with Crippen molar-refractivity contribution >= 4 is 12.0 Å². The Labute approximate surface area is 184 Å². The van der Waals surface area contributed by atoms with Crippen LogP contribution < -0.4 is 10.9 Å². The van der Waals surface area contributed by atoms with Gasteiger partial charge in [0.15, 0.2) is 0 Å². The number of nitrogens with one attached hydrogen (secondary N) is 1.